The molecule has 7 nitrogen and oxygen atoms in total. The molecule has 0 bridgehead atoms. The number of amides is 1. The van der Waals surface area contributed by atoms with Crippen LogP contribution in [0.3, 0.4) is 0 Å². The lowest BCUT2D eigenvalue weighted by Gasteiger charge is -2.25. The van der Waals surface area contributed by atoms with Crippen LogP contribution >= 0.6 is 0 Å². The van der Waals surface area contributed by atoms with Crippen molar-refractivity contribution in [2.75, 3.05) is 36.6 Å². The zero-order valence-electron chi connectivity index (χ0n) is 18.6. The van der Waals surface area contributed by atoms with E-state index in [1.165, 1.54) is 30.7 Å². The predicted octanol–water partition coefficient (Wildman–Crippen LogP) is 4.17. The number of nitrogens with zero attached hydrogens (tertiary/aromatic N) is 1. The molecule has 0 heterocycles. The van der Waals surface area contributed by atoms with Gasteiger partial charge in [0.05, 0.1) is 31.7 Å². The van der Waals surface area contributed by atoms with E-state index >= 15 is 0 Å². The summed E-state index contributed by atoms with van der Waals surface area (Å²) in [5, 5.41) is 2.98. The molecule has 2 aromatic rings. The third-order valence-electron chi connectivity index (χ3n) is 4.87. The van der Waals surface area contributed by atoms with Gasteiger partial charge < -0.3 is 14.8 Å². The van der Waals surface area contributed by atoms with Crippen molar-refractivity contribution in [2.45, 2.75) is 33.6 Å². The molecule has 8 heteroatoms. The fraction of sp³-hybridized carbons (Fsp3) is 0.409. The van der Waals surface area contributed by atoms with Gasteiger partial charge in [-0.15, -0.1) is 0 Å². The molecule has 1 N–H and O–H groups in total. The van der Waals surface area contributed by atoms with Crippen LogP contribution in [-0.2, 0) is 10.0 Å². The molecule has 0 unspecified atom stereocenters. The molecule has 164 valence electrons. The molecule has 0 atom stereocenters. The highest BCUT2D eigenvalue weighted by Gasteiger charge is 2.26. The third kappa shape index (κ3) is 4.87. The quantitative estimate of drug-likeness (QED) is 0.674. The van der Waals surface area contributed by atoms with Gasteiger partial charge in [-0.2, -0.15) is 0 Å². The number of rotatable bonds is 8. The SMILES string of the molecule is CCN(c1cc(OC)c(OC)cc1C(=O)Nc1c(C)cccc1C(C)C)S(C)(=O)=O. The van der Waals surface area contributed by atoms with Gasteiger partial charge >= 0.3 is 0 Å². The van der Waals surface area contributed by atoms with Gasteiger partial charge in [0.15, 0.2) is 11.5 Å². The number of benzene rings is 2. The lowest BCUT2D eigenvalue weighted by molar-refractivity contribution is 0.102. The summed E-state index contributed by atoms with van der Waals surface area (Å²) < 4.78 is 36.6. The monoisotopic (exact) mass is 434 g/mol. The van der Waals surface area contributed by atoms with Gasteiger partial charge in [0.2, 0.25) is 10.0 Å². The Morgan fingerprint density at radius 3 is 2.23 bits per heavy atom. The summed E-state index contributed by atoms with van der Waals surface area (Å²) in [4.78, 5) is 13.3. The maximum absolute atomic E-state index is 13.3. The molecule has 1 amide bonds. The molecule has 0 aromatic heterocycles. The van der Waals surface area contributed by atoms with Gasteiger partial charge in [0, 0.05) is 18.3 Å². The number of sulfonamides is 1. The molecule has 0 aliphatic carbocycles. The van der Waals surface area contributed by atoms with Crippen LogP contribution in [-0.4, -0.2) is 41.3 Å². The topological polar surface area (TPSA) is 84.9 Å². The van der Waals surface area contributed by atoms with Crippen molar-refractivity contribution < 1.29 is 22.7 Å². The smallest absolute Gasteiger partial charge is 0.257 e. The van der Waals surface area contributed by atoms with E-state index in [2.05, 4.69) is 19.2 Å². The number of para-hydroxylation sites is 1. The summed E-state index contributed by atoms with van der Waals surface area (Å²) in [6, 6.07) is 8.86. The fourth-order valence-electron chi connectivity index (χ4n) is 3.36. The minimum absolute atomic E-state index is 0.163. The van der Waals surface area contributed by atoms with Crippen molar-refractivity contribution >= 4 is 27.3 Å². The zero-order valence-corrected chi connectivity index (χ0v) is 19.4. The van der Waals surface area contributed by atoms with Crippen LogP contribution in [0.15, 0.2) is 30.3 Å². The first-order valence-electron chi connectivity index (χ1n) is 9.69. The van der Waals surface area contributed by atoms with E-state index in [-0.39, 0.29) is 23.7 Å². The second kappa shape index (κ2) is 9.38. The molecule has 0 aliphatic rings. The minimum atomic E-state index is -3.61. The maximum Gasteiger partial charge on any atom is 0.257 e. The van der Waals surface area contributed by atoms with Crippen LogP contribution in [0, 0.1) is 6.92 Å². The van der Waals surface area contributed by atoms with E-state index < -0.39 is 15.9 Å². The number of nitrogens with one attached hydrogen (secondary N) is 1. The highest BCUT2D eigenvalue weighted by molar-refractivity contribution is 7.92. The Hall–Kier alpha value is -2.74. The number of aryl methyl sites for hydroxylation is 1. The number of ether oxygens (including phenoxy) is 2. The van der Waals surface area contributed by atoms with Crippen molar-refractivity contribution in [1.82, 2.24) is 0 Å². The second-order valence-corrected chi connectivity index (χ2v) is 9.21. The molecular weight excluding hydrogens is 404 g/mol. The molecule has 0 spiro atoms. The largest absolute Gasteiger partial charge is 0.493 e. The average molecular weight is 435 g/mol. The second-order valence-electron chi connectivity index (χ2n) is 7.30. The predicted molar refractivity (Wildman–Crippen MR) is 121 cm³/mol. The summed E-state index contributed by atoms with van der Waals surface area (Å²) in [5.41, 5.74) is 3.06. The Morgan fingerprint density at radius 1 is 1.13 bits per heavy atom. The van der Waals surface area contributed by atoms with E-state index in [4.69, 9.17) is 9.47 Å². The molecular formula is C22H30N2O5S. The summed E-state index contributed by atoms with van der Waals surface area (Å²) in [5.74, 6) is 0.451. The minimum Gasteiger partial charge on any atom is -0.493 e. The standard InChI is InChI=1S/C22H30N2O5S/c1-8-24(30(7,26)27)18-13-20(29-6)19(28-5)12-17(18)22(25)23-21-15(4)10-9-11-16(21)14(2)3/h9-14H,8H2,1-7H3,(H,23,25). The molecule has 30 heavy (non-hydrogen) atoms. The number of hydrogen-bond acceptors (Lipinski definition) is 5. The van der Waals surface area contributed by atoms with E-state index in [9.17, 15) is 13.2 Å². The van der Waals surface area contributed by atoms with E-state index in [0.29, 0.717) is 11.5 Å². The summed E-state index contributed by atoms with van der Waals surface area (Å²) in [6.07, 6.45) is 1.10. The lowest BCUT2D eigenvalue weighted by atomic mass is 9.98. The Labute approximate surface area is 179 Å². The number of hydrogen-bond donors (Lipinski definition) is 1. The highest BCUT2D eigenvalue weighted by atomic mass is 32.2. The lowest BCUT2D eigenvalue weighted by Crippen LogP contribution is -2.31. The molecule has 0 fully saturated rings. The average Bonchev–Trinajstić information content (AvgIpc) is 2.68. The summed E-state index contributed by atoms with van der Waals surface area (Å²) in [6.45, 7) is 7.89. The Balaban J connectivity index is 2.67. The van der Waals surface area contributed by atoms with Gasteiger partial charge in [0.25, 0.3) is 5.91 Å². The highest BCUT2D eigenvalue weighted by Crippen LogP contribution is 2.37. The van der Waals surface area contributed by atoms with Crippen LogP contribution < -0.4 is 19.1 Å². The maximum atomic E-state index is 13.3. The number of anilines is 2. The first-order valence-corrected chi connectivity index (χ1v) is 11.5. The molecule has 0 aliphatic heterocycles. The molecule has 2 rings (SSSR count). The van der Waals surface area contributed by atoms with Crippen LogP contribution in [0.25, 0.3) is 0 Å². The normalized spacial score (nSPS) is 11.3. The Kier molecular flexibility index (Phi) is 7.36. The number of carbonyl (C=O) groups is 1. The molecule has 2 aromatic carbocycles. The third-order valence-corrected chi connectivity index (χ3v) is 6.12. The van der Waals surface area contributed by atoms with Crippen LogP contribution in [0.4, 0.5) is 11.4 Å². The molecule has 0 saturated heterocycles. The zero-order chi connectivity index (χ0) is 22.6. The summed E-state index contributed by atoms with van der Waals surface area (Å²) >= 11 is 0. The van der Waals surface area contributed by atoms with Crippen molar-refractivity contribution in [3.8, 4) is 11.5 Å². The van der Waals surface area contributed by atoms with Crippen LogP contribution in [0.2, 0.25) is 0 Å². The van der Waals surface area contributed by atoms with E-state index in [1.54, 1.807) is 6.92 Å². The first kappa shape index (κ1) is 23.5. The Morgan fingerprint density at radius 2 is 1.73 bits per heavy atom. The van der Waals surface area contributed by atoms with Gasteiger partial charge in [-0.3, -0.25) is 9.10 Å². The van der Waals surface area contributed by atoms with Gasteiger partial charge in [-0.05, 0) is 37.0 Å². The van der Waals surface area contributed by atoms with Crippen molar-refractivity contribution in [1.29, 1.82) is 0 Å². The fourth-order valence-corrected chi connectivity index (χ4v) is 4.34. The van der Waals surface area contributed by atoms with Crippen molar-refractivity contribution in [2.24, 2.45) is 0 Å². The van der Waals surface area contributed by atoms with Crippen LogP contribution in [0.1, 0.15) is 48.2 Å². The van der Waals surface area contributed by atoms with Crippen molar-refractivity contribution in [3.05, 3.63) is 47.0 Å². The first-order chi connectivity index (χ1) is 14.0. The number of methoxy groups -OCH3 is 2. The Bertz CT molecular complexity index is 1030. The molecule has 0 radical (unpaired) electrons. The van der Waals surface area contributed by atoms with Crippen molar-refractivity contribution in [3.63, 3.8) is 0 Å². The van der Waals surface area contributed by atoms with E-state index in [1.807, 2.05) is 25.1 Å². The number of carbonyl (C=O) groups excluding carboxylic acids is 1. The van der Waals surface area contributed by atoms with Gasteiger partial charge in [-0.25, -0.2) is 8.42 Å². The van der Waals surface area contributed by atoms with E-state index in [0.717, 1.165) is 23.1 Å². The molecule has 0 saturated carbocycles. The van der Waals surface area contributed by atoms with Crippen LogP contribution in [0.5, 0.6) is 11.5 Å². The van der Waals surface area contributed by atoms with Gasteiger partial charge in [-0.1, -0.05) is 32.0 Å². The van der Waals surface area contributed by atoms with Gasteiger partial charge in [0.1, 0.15) is 0 Å². The summed E-state index contributed by atoms with van der Waals surface area (Å²) in [7, 11) is -0.692.